The van der Waals surface area contributed by atoms with Crippen molar-refractivity contribution in [3.05, 3.63) is 60.2 Å². The molecule has 2 aromatic rings. The summed E-state index contributed by atoms with van der Waals surface area (Å²) in [6, 6.07) is 15.7. The first-order valence-corrected chi connectivity index (χ1v) is 12.6. The quantitative estimate of drug-likeness (QED) is 0.559. The Morgan fingerprint density at radius 3 is 2.44 bits per heavy atom. The molecule has 2 fully saturated rings. The van der Waals surface area contributed by atoms with Gasteiger partial charge in [0.2, 0.25) is 5.91 Å². The number of amides is 1. The predicted molar refractivity (Wildman–Crippen MR) is 132 cm³/mol. The summed E-state index contributed by atoms with van der Waals surface area (Å²) in [7, 11) is 0. The molecule has 2 heterocycles. The molecule has 36 heavy (non-hydrogen) atoms. The third kappa shape index (κ3) is 7.44. The van der Waals surface area contributed by atoms with Crippen LogP contribution >= 0.6 is 0 Å². The molecule has 0 aliphatic carbocycles. The smallest absolute Gasteiger partial charge is 0.406 e. The molecule has 4 rings (SSSR count). The molecule has 0 saturated carbocycles. The van der Waals surface area contributed by atoms with Crippen LogP contribution in [0.3, 0.4) is 0 Å². The molecular weight excluding hydrogens is 471 g/mol. The van der Waals surface area contributed by atoms with Crippen LogP contribution in [0, 0.1) is 5.92 Å². The van der Waals surface area contributed by atoms with Crippen molar-refractivity contribution in [1.29, 1.82) is 0 Å². The summed E-state index contributed by atoms with van der Waals surface area (Å²) in [4.78, 5) is 17.3. The van der Waals surface area contributed by atoms with Gasteiger partial charge in [0, 0.05) is 43.9 Å². The fourth-order valence-corrected chi connectivity index (χ4v) is 5.04. The Kier molecular flexibility index (Phi) is 8.54. The van der Waals surface area contributed by atoms with Gasteiger partial charge in [0.1, 0.15) is 5.75 Å². The van der Waals surface area contributed by atoms with E-state index in [1.54, 1.807) is 6.07 Å². The number of anilines is 1. The molecule has 0 unspecified atom stereocenters. The molecule has 2 saturated heterocycles. The van der Waals surface area contributed by atoms with Gasteiger partial charge >= 0.3 is 6.36 Å². The number of ether oxygens (including phenoxy) is 1. The second-order valence-corrected chi connectivity index (χ2v) is 9.80. The highest BCUT2D eigenvalue weighted by atomic mass is 19.4. The summed E-state index contributed by atoms with van der Waals surface area (Å²) in [5.41, 5.74) is 0.646. The van der Waals surface area contributed by atoms with E-state index in [4.69, 9.17) is 0 Å². The van der Waals surface area contributed by atoms with Crippen LogP contribution in [0.1, 0.15) is 37.7 Å². The Morgan fingerprint density at radius 1 is 1.08 bits per heavy atom. The van der Waals surface area contributed by atoms with Gasteiger partial charge in [0.25, 0.3) is 0 Å². The number of benzene rings is 2. The number of carbonyl (C=O) groups is 1. The maximum atomic E-state index is 13.5. The van der Waals surface area contributed by atoms with E-state index >= 15 is 0 Å². The number of rotatable bonds is 8. The maximum Gasteiger partial charge on any atom is 0.573 e. The van der Waals surface area contributed by atoms with E-state index in [1.165, 1.54) is 28.7 Å². The van der Waals surface area contributed by atoms with E-state index in [9.17, 15) is 23.1 Å². The van der Waals surface area contributed by atoms with Crippen LogP contribution in [-0.4, -0.2) is 60.6 Å². The first kappa shape index (κ1) is 26.4. The van der Waals surface area contributed by atoms with Gasteiger partial charge in [-0.1, -0.05) is 36.4 Å². The summed E-state index contributed by atoms with van der Waals surface area (Å²) in [5, 5.41) is 14.5. The Balaban J connectivity index is 1.43. The lowest BCUT2D eigenvalue weighted by molar-refractivity contribution is -0.274. The Labute approximate surface area is 210 Å². The number of halogens is 3. The van der Waals surface area contributed by atoms with E-state index in [0.717, 1.165) is 32.7 Å². The van der Waals surface area contributed by atoms with Crippen molar-refractivity contribution in [2.45, 2.75) is 50.6 Å². The molecule has 0 aromatic heterocycles. The number of aliphatic hydroxyl groups is 1. The van der Waals surface area contributed by atoms with Crippen molar-refractivity contribution >= 4 is 11.6 Å². The van der Waals surface area contributed by atoms with Gasteiger partial charge in [-0.15, -0.1) is 13.2 Å². The van der Waals surface area contributed by atoms with Crippen LogP contribution in [0.2, 0.25) is 0 Å². The number of likely N-dealkylation sites (tertiary alicyclic amines) is 1. The average Bonchev–Trinajstić information content (AvgIpc) is 2.86. The fourth-order valence-electron chi connectivity index (χ4n) is 5.04. The zero-order chi connectivity index (χ0) is 25.6. The number of hydrogen-bond donors (Lipinski definition) is 2. The number of carbonyl (C=O) groups excluding carboxylic acids is 1. The number of piperidine rings is 2. The lowest BCUT2D eigenvalue weighted by Gasteiger charge is -2.40. The van der Waals surface area contributed by atoms with Gasteiger partial charge in [-0.05, 0) is 62.9 Å². The Morgan fingerprint density at radius 2 is 1.78 bits per heavy atom. The standard InChI is InChI=1S/C27H34F3N3O3/c28-27(29,30)36-24-8-4-7-23(19-24)33(25(34)22-9-14-31-15-10-22)18-13-26(35)11-16-32(17-12-26)20-21-5-2-1-3-6-21/h1-8,19,22,31,35H,9-18,20H2. The first-order chi connectivity index (χ1) is 17.2. The summed E-state index contributed by atoms with van der Waals surface area (Å²) < 4.78 is 42.5. The molecule has 0 spiro atoms. The van der Waals surface area contributed by atoms with Crippen LogP contribution in [0.25, 0.3) is 0 Å². The highest BCUT2D eigenvalue weighted by Gasteiger charge is 2.35. The van der Waals surface area contributed by atoms with E-state index < -0.39 is 12.0 Å². The molecule has 9 heteroatoms. The summed E-state index contributed by atoms with van der Waals surface area (Å²) in [6.45, 7) is 3.98. The second-order valence-electron chi connectivity index (χ2n) is 9.80. The van der Waals surface area contributed by atoms with E-state index in [-0.39, 0.29) is 24.1 Å². The topological polar surface area (TPSA) is 65.0 Å². The highest BCUT2D eigenvalue weighted by Crippen LogP contribution is 2.31. The molecule has 0 bridgehead atoms. The Bertz CT molecular complexity index is 989. The van der Waals surface area contributed by atoms with E-state index in [0.29, 0.717) is 37.8 Å². The minimum absolute atomic E-state index is 0.120. The lowest BCUT2D eigenvalue weighted by atomic mass is 9.87. The van der Waals surface area contributed by atoms with E-state index in [2.05, 4.69) is 27.1 Å². The number of nitrogens with one attached hydrogen (secondary N) is 1. The molecule has 2 N–H and O–H groups in total. The lowest BCUT2D eigenvalue weighted by Crippen LogP contribution is -2.47. The average molecular weight is 506 g/mol. The third-order valence-corrected chi connectivity index (χ3v) is 7.15. The third-order valence-electron chi connectivity index (χ3n) is 7.15. The van der Waals surface area contributed by atoms with Crippen molar-refractivity contribution < 1.29 is 27.8 Å². The number of hydrogen-bond acceptors (Lipinski definition) is 5. The molecule has 2 aliphatic heterocycles. The zero-order valence-electron chi connectivity index (χ0n) is 20.3. The Hall–Kier alpha value is -2.62. The molecule has 0 atom stereocenters. The van der Waals surface area contributed by atoms with Crippen molar-refractivity contribution in [3.63, 3.8) is 0 Å². The van der Waals surface area contributed by atoms with Gasteiger partial charge in [-0.25, -0.2) is 0 Å². The summed E-state index contributed by atoms with van der Waals surface area (Å²) in [6.07, 6.45) is -1.96. The van der Waals surface area contributed by atoms with Gasteiger partial charge in [-0.2, -0.15) is 0 Å². The van der Waals surface area contributed by atoms with Gasteiger partial charge in [-0.3, -0.25) is 9.69 Å². The minimum Gasteiger partial charge on any atom is -0.406 e. The van der Waals surface area contributed by atoms with Crippen LogP contribution < -0.4 is 15.0 Å². The fraction of sp³-hybridized carbons (Fsp3) is 0.519. The molecule has 1 amide bonds. The molecule has 0 radical (unpaired) electrons. The van der Waals surface area contributed by atoms with Gasteiger partial charge < -0.3 is 20.1 Å². The SMILES string of the molecule is O=C(C1CCNCC1)N(CCC1(O)CCN(Cc2ccccc2)CC1)c1cccc(OC(F)(F)F)c1. The molecular formula is C27H34F3N3O3. The van der Waals surface area contributed by atoms with Crippen LogP contribution in [0.5, 0.6) is 5.75 Å². The molecule has 196 valence electrons. The summed E-state index contributed by atoms with van der Waals surface area (Å²) in [5.74, 6) is -0.692. The molecule has 2 aromatic carbocycles. The monoisotopic (exact) mass is 505 g/mol. The van der Waals surface area contributed by atoms with Crippen LogP contribution in [0.4, 0.5) is 18.9 Å². The van der Waals surface area contributed by atoms with Crippen molar-refractivity contribution in [1.82, 2.24) is 10.2 Å². The van der Waals surface area contributed by atoms with Crippen molar-refractivity contribution in [3.8, 4) is 5.75 Å². The van der Waals surface area contributed by atoms with Crippen LogP contribution in [0.15, 0.2) is 54.6 Å². The van der Waals surface area contributed by atoms with Gasteiger partial charge in [0.15, 0.2) is 0 Å². The zero-order valence-corrected chi connectivity index (χ0v) is 20.3. The minimum atomic E-state index is -4.81. The number of alkyl halides is 3. The predicted octanol–water partition coefficient (Wildman–Crippen LogP) is 4.34. The first-order valence-electron chi connectivity index (χ1n) is 12.6. The van der Waals surface area contributed by atoms with E-state index in [1.807, 2.05) is 18.2 Å². The normalized spacial score (nSPS) is 19.1. The molecule has 6 nitrogen and oxygen atoms in total. The number of nitrogens with zero attached hydrogens (tertiary/aromatic N) is 2. The second kappa shape index (κ2) is 11.6. The van der Waals surface area contributed by atoms with Crippen molar-refractivity contribution in [2.75, 3.05) is 37.6 Å². The van der Waals surface area contributed by atoms with Crippen molar-refractivity contribution in [2.24, 2.45) is 5.92 Å². The maximum absolute atomic E-state index is 13.5. The highest BCUT2D eigenvalue weighted by molar-refractivity contribution is 5.95. The van der Waals surface area contributed by atoms with Gasteiger partial charge in [0.05, 0.1) is 5.60 Å². The molecule has 2 aliphatic rings. The summed E-state index contributed by atoms with van der Waals surface area (Å²) >= 11 is 0. The largest absolute Gasteiger partial charge is 0.573 e. The van der Waals surface area contributed by atoms with Crippen LogP contribution in [-0.2, 0) is 11.3 Å².